The van der Waals surface area contributed by atoms with Crippen LogP contribution < -0.4 is 0 Å². The maximum absolute atomic E-state index is 5.15. The number of halogens is 1. The third-order valence-electron chi connectivity index (χ3n) is 2.55. The van der Waals surface area contributed by atoms with Gasteiger partial charge in [-0.15, -0.1) is 12.4 Å². The molecule has 0 aromatic rings. The molecular formula is C10H22ClNO. The molecule has 0 N–H and O–H groups in total. The van der Waals surface area contributed by atoms with Gasteiger partial charge in [0.25, 0.3) is 0 Å². The second-order valence-corrected chi connectivity index (χ2v) is 3.48. The summed E-state index contributed by atoms with van der Waals surface area (Å²) in [5, 5.41) is 0. The van der Waals surface area contributed by atoms with E-state index in [4.69, 9.17) is 4.74 Å². The predicted molar refractivity (Wildman–Crippen MR) is 58.6 cm³/mol. The Morgan fingerprint density at radius 3 is 2.31 bits per heavy atom. The lowest BCUT2D eigenvalue weighted by atomic mass is 10.2. The Hall–Kier alpha value is 0.210. The number of hydrogen-bond donors (Lipinski definition) is 0. The van der Waals surface area contributed by atoms with Crippen LogP contribution in [0.15, 0.2) is 0 Å². The Balaban J connectivity index is 0.00000144. The average molecular weight is 208 g/mol. The maximum atomic E-state index is 5.15. The van der Waals surface area contributed by atoms with Crippen molar-refractivity contribution < 1.29 is 4.74 Å². The van der Waals surface area contributed by atoms with E-state index in [2.05, 4.69) is 18.7 Å². The predicted octanol–water partition coefficient (Wildman–Crippen LogP) is 2.32. The summed E-state index contributed by atoms with van der Waals surface area (Å²) < 4.78 is 5.15. The van der Waals surface area contributed by atoms with Gasteiger partial charge < -0.3 is 9.64 Å². The third-order valence-corrected chi connectivity index (χ3v) is 2.55. The van der Waals surface area contributed by atoms with Crippen molar-refractivity contribution in [2.45, 2.75) is 39.2 Å². The minimum absolute atomic E-state index is 0. The summed E-state index contributed by atoms with van der Waals surface area (Å²) in [6.07, 6.45) is 4.57. The van der Waals surface area contributed by atoms with E-state index in [1.165, 1.54) is 38.9 Å². The molecule has 1 heterocycles. The lowest BCUT2D eigenvalue weighted by molar-refractivity contribution is 0.292. The average Bonchev–Trinajstić information content (AvgIpc) is 2.89. The highest BCUT2D eigenvalue weighted by molar-refractivity contribution is 5.85. The van der Waals surface area contributed by atoms with Gasteiger partial charge in [0.2, 0.25) is 0 Å². The smallest absolute Gasteiger partial charge is 0.0810 e. The molecule has 1 atom stereocenters. The number of ether oxygens (including phenoxy) is 1. The van der Waals surface area contributed by atoms with Crippen LogP contribution in [0.1, 0.15) is 33.1 Å². The van der Waals surface area contributed by atoms with Gasteiger partial charge in [0.15, 0.2) is 0 Å². The molecule has 0 aromatic heterocycles. The lowest BCUT2D eigenvalue weighted by Gasteiger charge is -2.17. The highest BCUT2D eigenvalue weighted by Crippen LogP contribution is 2.16. The molecule has 1 aliphatic rings. The molecule has 0 radical (unpaired) electrons. The third kappa shape index (κ3) is 6.30. The number of rotatable bonds is 7. The van der Waals surface area contributed by atoms with E-state index >= 15 is 0 Å². The molecule has 1 aliphatic heterocycles. The minimum Gasteiger partial charge on any atom is -0.373 e. The summed E-state index contributed by atoms with van der Waals surface area (Å²) in [6, 6.07) is 0. The molecule has 3 heteroatoms. The van der Waals surface area contributed by atoms with Crippen LogP contribution in [0.2, 0.25) is 0 Å². The topological polar surface area (TPSA) is 15.8 Å². The Morgan fingerprint density at radius 1 is 1.23 bits per heavy atom. The summed E-state index contributed by atoms with van der Waals surface area (Å²) >= 11 is 0. The van der Waals surface area contributed by atoms with Gasteiger partial charge in [-0.05, 0) is 38.9 Å². The van der Waals surface area contributed by atoms with Crippen LogP contribution in [0.4, 0.5) is 0 Å². The van der Waals surface area contributed by atoms with Gasteiger partial charge in [0.05, 0.1) is 12.7 Å². The maximum Gasteiger partial charge on any atom is 0.0810 e. The first-order valence-electron chi connectivity index (χ1n) is 5.20. The number of epoxide rings is 1. The quantitative estimate of drug-likeness (QED) is 0.471. The summed E-state index contributed by atoms with van der Waals surface area (Å²) in [5.74, 6) is 0. The fourth-order valence-corrected chi connectivity index (χ4v) is 1.48. The second-order valence-electron chi connectivity index (χ2n) is 3.48. The van der Waals surface area contributed by atoms with Crippen LogP contribution in [0.25, 0.3) is 0 Å². The first-order chi connectivity index (χ1) is 5.86. The van der Waals surface area contributed by atoms with E-state index in [-0.39, 0.29) is 12.4 Å². The molecule has 1 saturated heterocycles. The van der Waals surface area contributed by atoms with Crippen molar-refractivity contribution in [3.63, 3.8) is 0 Å². The highest BCUT2D eigenvalue weighted by atomic mass is 35.5. The first kappa shape index (κ1) is 13.2. The Morgan fingerprint density at radius 2 is 1.85 bits per heavy atom. The summed E-state index contributed by atoms with van der Waals surface area (Å²) in [4.78, 5) is 2.48. The van der Waals surface area contributed by atoms with Gasteiger partial charge in [-0.3, -0.25) is 0 Å². The van der Waals surface area contributed by atoms with Crippen molar-refractivity contribution in [3.8, 4) is 0 Å². The van der Waals surface area contributed by atoms with Crippen LogP contribution in [0.5, 0.6) is 0 Å². The van der Waals surface area contributed by atoms with Gasteiger partial charge in [0.1, 0.15) is 0 Å². The number of hydrogen-bond acceptors (Lipinski definition) is 2. The molecule has 0 spiro atoms. The van der Waals surface area contributed by atoms with Gasteiger partial charge >= 0.3 is 0 Å². The van der Waals surface area contributed by atoms with E-state index < -0.39 is 0 Å². The number of nitrogens with zero attached hydrogens (tertiary/aromatic N) is 1. The van der Waals surface area contributed by atoms with Gasteiger partial charge in [0, 0.05) is 0 Å². The van der Waals surface area contributed by atoms with Crippen LogP contribution in [0.3, 0.4) is 0 Å². The van der Waals surface area contributed by atoms with Gasteiger partial charge in [-0.25, -0.2) is 0 Å². The van der Waals surface area contributed by atoms with E-state index in [0.29, 0.717) is 6.10 Å². The summed E-state index contributed by atoms with van der Waals surface area (Å²) in [5.41, 5.74) is 0. The van der Waals surface area contributed by atoms with Crippen molar-refractivity contribution in [2.24, 2.45) is 0 Å². The molecular weight excluding hydrogens is 186 g/mol. The minimum atomic E-state index is 0. The van der Waals surface area contributed by atoms with Gasteiger partial charge in [-0.2, -0.15) is 0 Å². The van der Waals surface area contributed by atoms with Crippen LogP contribution in [-0.2, 0) is 4.74 Å². The highest BCUT2D eigenvalue weighted by Gasteiger charge is 2.20. The first-order valence-corrected chi connectivity index (χ1v) is 5.20. The van der Waals surface area contributed by atoms with Crippen LogP contribution in [-0.4, -0.2) is 37.2 Å². The summed E-state index contributed by atoms with van der Waals surface area (Å²) in [6.45, 7) is 9.12. The van der Waals surface area contributed by atoms with Crippen molar-refractivity contribution in [3.05, 3.63) is 0 Å². The number of unbranched alkanes of at least 4 members (excludes halogenated alkanes) is 1. The summed E-state index contributed by atoms with van der Waals surface area (Å²) in [7, 11) is 0. The molecule has 0 aliphatic carbocycles. The fraction of sp³-hybridized carbons (Fsp3) is 1.00. The molecule has 2 nitrogen and oxygen atoms in total. The molecule has 1 rings (SSSR count). The van der Waals surface area contributed by atoms with Crippen molar-refractivity contribution in [1.29, 1.82) is 0 Å². The monoisotopic (exact) mass is 207 g/mol. The molecule has 80 valence electrons. The van der Waals surface area contributed by atoms with E-state index in [1.54, 1.807) is 0 Å². The molecule has 1 unspecified atom stereocenters. The lowest BCUT2D eigenvalue weighted by Crippen LogP contribution is -2.23. The zero-order valence-corrected chi connectivity index (χ0v) is 9.61. The van der Waals surface area contributed by atoms with Crippen molar-refractivity contribution >= 4 is 12.4 Å². The largest absolute Gasteiger partial charge is 0.373 e. The molecule has 0 aromatic carbocycles. The van der Waals surface area contributed by atoms with Crippen LogP contribution >= 0.6 is 12.4 Å². The molecule has 0 bridgehead atoms. The molecule has 0 saturated carbocycles. The molecule has 1 fully saturated rings. The van der Waals surface area contributed by atoms with Crippen molar-refractivity contribution in [2.75, 3.05) is 26.2 Å². The zero-order valence-electron chi connectivity index (χ0n) is 8.79. The Kier molecular flexibility index (Phi) is 7.72. The van der Waals surface area contributed by atoms with Crippen LogP contribution in [0, 0.1) is 0 Å². The van der Waals surface area contributed by atoms with E-state index in [1.807, 2.05) is 0 Å². The molecule has 13 heavy (non-hydrogen) atoms. The Labute approximate surface area is 88.0 Å². The Bertz CT molecular complexity index is 113. The fourth-order valence-electron chi connectivity index (χ4n) is 1.48. The van der Waals surface area contributed by atoms with Crippen molar-refractivity contribution in [1.82, 2.24) is 4.90 Å². The standard InChI is InChI=1S/C10H21NO.ClH/c1-3-11(4-2)8-6-5-7-10-9-12-10;/h10H,3-9H2,1-2H3;1H. The van der Waals surface area contributed by atoms with E-state index in [9.17, 15) is 0 Å². The van der Waals surface area contributed by atoms with Gasteiger partial charge in [-0.1, -0.05) is 13.8 Å². The SMILES string of the molecule is CCN(CC)CCCCC1CO1.Cl. The van der Waals surface area contributed by atoms with E-state index in [0.717, 1.165) is 6.61 Å². The normalized spacial score (nSPS) is 20.1. The second kappa shape index (κ2) is 7.60. The zero-order chi connectivity index (χ0) is 8.81. The molecule has 0 amide bonds.